The fourth-order valence-corrected chi connectivity index (χ4v) is 10.4. The number of hydrogen-bond acceptors (Lipinski definition) is 0. The third kappa shape index (κ3) is 5.66. The first-order valence-corrected chi connectivity index (χ1v) is 22.1. The van der Waals surface area contributed by atoms with Crippen LogP contribution >= 0.6 is 0 Å². The molecule has 0 unspecified atom stereocenters. The highest BCUT2D eigenvalue weighted by atomic mass is 15.0. The molecule has 0 fully saturated rings. The number of benzene rings is 11. The molecule has 298 valence electrons. The maximum Gasteiger partial charge on any atom is 0.0547 e. The molecular formula is C62H40N2. The number of hydrogen-bond donors (Lipinski definition) is 0. The second-order valence-electron chi connectivity index (χ2n) is 16.8. The quantitative estimate of drug-likeness (QED) is 0.148. The van der Waals surface area contributed by atoms with E-state index in [0.717, 1.165) is 5.69 Å². The summed E-state index contributed by atoms with van der Waals surface area (Å²) in [5, 5.41) is 10.1. The van der Waals surface area contributed by atoms with Gasteiger partial charge in [0, 0.05) is 32.9 Å². The number of fused-ring (bicyclic) bond motifs is 8. The Morgan fingerprint density at radius 1 is 0.188 bits per heavy atom. The maximum atomic E-state index is 2.43. The van der Waals surface area contributed by atoms with Crippen molar-refractivity contribution in [1.82, 2.24) is 9.13 Å². The van der Waals surface area contributed by atoms with Gasteiger partial charge in [0.25, 0.3) is 0 Å². The van der Waals surface area contributed by atoms with E-state index >= 15 is 0 Å². The standard InChI is InChI=1S/C62H40N2/c1-3-16-42(17-4-1)61-52-24-7-9-26-54(52)62(55-27-10-8-25-53(55)61)46-19-15-18-43(38-46)41-30-34-48(35-31-41)64-57-28-13-11-22-49(57)51-36-32-45(40-60(51)64)44-33-37-59-56(39-44)50-23-12-14-29-58(50)63(59)47-20-5-2-6-21-47/h1-40H. The Hall–Kier alpha value is -8.46. The van der Waals surface area contributed by atoms with Gasteiger partial charge < -0.3 is 9.13 Å². The zero-order chi connectivity index (χ0) is 42.1. The van der Waals surface area contributed by atoms with Crippen LogP contribution in [-0.4, -0.2) is 9.13 Å². The van der Waals surface area contributed by atoms with Gasteiger partial charge in [-0.15, -0.1) is 0 Å². The second kappa shape index (κ2) is 14.6. The molecule has 0 saturated heterocycles. The van der Waals surface area contributed by atoms with Crippen molar-refractivity contribution in [1.29, 1.82) is 0 Å². The summed E-state index contributed by atoms with van der Waals surface area (Å²) < 4.78 is 4.81. The lowest BCUT2D eigenvalue weighted by molar-refractivity contribution is 1.18. The van der Waals surface area contributed by atoms with Crippen LogP contribution in [0.15, 0.2) is 243 Å². The molecule has 0 amide bonds. The molecule has 0 bridgehead atoms. The number of rotatable bonds is 6. The lowest BCUT2D eigenvalue weighted by Crippen LogP contribution is -1.94. The first-order valence-electron chi connectivity index (χ1n) is 22.1. The summed E-state index contributed by atoms with van der Waals surface area (Å²) in [5.74, 6) is 0. The normalized spacial score (nSPS) is 11.8. The van der Waals surface area contributed by atoms with Crippen molar-refractivity contribution in [3.05, 3.63) is 243 Å². The summed E-state index contributed by atoms with van der Waals surface area (Å²) in [4.78, 5) is 0. The lowest BCUT2D eigenvalue weighted by atomic mass is 9.85. The van der Waals surface area contributed by atoms with Crippen LogP contribution in [0.3, 0.4) is 0 Å². The van der Waals surface area contributed by atoms with Gasteiger partial charge >= 0.3 is 0 Å². The van der Waals surface area contributed by atoms with E-state index in [2.05, 4.69) is 252 Å². The largest absolute Gasteiger partial charge is 0.309 e. The predicted molar refractivity (Wildman–Crippen MR) is 272 cm³/mol. The zero-order valence-corrected chi connectivity index (χ0v) is 35.0. The Labute approximate surface area is 371 Å². The van der Waals surface area contributed by atoms with E-state index in [1.165, 1.54) is 115 Å². The Bertz CT molecular complexity index is 3870. The monoisotopic (exact) mass is 812 g/mol. The van der Waals surface area contributed by atoms with Crippen molar-refractivity contribution in [3.8, 4) is 55.9 Å². The third-order valence-corrected chi connectivity index (χ3v) is 13.3. The van der Waals surface area contributed by atoms with Crippen molar-refractivity contribution >= 4 is 65.2 Å². The van der Waals surface area contributed by atoms with Gasteiger partial charge in [0.05, 0.1) is 22.1 Å². The molecule has 2 heteroatoms. The van der Waals surface area contributed by atoms with Crippen LogP contribution in [0.5, 0.6) is 0 Å². The van der Waals surface area contributed by atoms with E-state index in [1.807, 2.05) is 0 Å². The van der Waals surface area contributed by atoms with Crippen LogP contribution in [0.2, 0.25) is 0 Å². The minimum atomic E-state index is 1.14. The summed E-state index contributed by atoms with van der Waals surface area (Å²) in [5.41, 5.74) is 16.9. The van der Waals surface area contributed by atoms with E-state index in [9.17, 15) is 0 Å². The van der Waals surface area contributed by atoms with Crippen LogP contribution < -0.4 is 0 Å². The topological polar surface area (TPSA) is 9.86 Å². The van der Waals surface area contributed by atoms with E-state index in [0.29, 0.717) is 0 Å². The molecule has 0 aliphatic carbocycles. The molecule has 11 aromatic carbocycles. The van der Waals surface area contributed by atoms with Gasteiger partial charge in [0.2, 0.25) is 0 Å². The molecule has 2 heterocycles. The summed E-state index contributed by atoms with van der Waals surface area (Å²) >= 11 is 0. The average molecular weight is 813 g/mol. The van der Waals surface area contributed by atoms with Crippen LogP contribution in [0.4, 0.5) is 0 Å². The highest BCUT2D eigenvalue weighted by Gasteiger charge is 2.19. The fourth-order valence-electron chi connectivity index (χ4n) is 10.4. The molecule has 13 aromatic rings. The molecule has 64 heavy (non-hydrogen) atoms. The summed E-state index contributed by atoms with van der Waals surface area (Å²) in [7, 11) is 0. The molecule has 2 nitrogen and oxygen atoms in total. The van der Waals surface area contributed by atoms with Crippen LogP contribution in [-0.2, 0) is 0 Å². The van der Waals surface area contributed by atoms with Crippen LogP contribution in [0.1, 0.15) is 0 Å². The van der Waals surface area contributed by atoms with Gasteiger partial charge in [0.15, 0.2) is 0 Å². The molecule has 0 saturated carbocycles. The van der Waals surface area contributed by atoms with Gasteiger partial charge in [-0.25, -0.2) is 0 Å². The molecule has 0 spiro atoms. The van der Waals surface area contributed by atoms with Crippen molar-refractivity contribution in [2.75, 3.05) is 0 Å². The molecule has 13 rings (SSSR count). The average Bonchev–Trinajstić information content (AvgIpc) is 3.88. The molecule has 0 aliphatic heterocycles. The lowest BCUT2D eigenvalue weighted by Gasteiger charge is -2.18. The van der Waals surface area contributed by atoms with Gasteiger partial charge in [-0.1, -0.05) is 182 Å². The maximum absolute atomic E-state index is 2.43. The summed E-state index contributed by atoms with van der Waals surface area (Å²) in [6, 6.07) is 88.9. The fraction of sp³-hybridized carbons (Fsp3) is 0. The number of nitrogens with zero attached hydrogens (tertiary/aromatic N) is 2. The molecule has 0 aliphatic rings. The van der Waals surface area contributed by atoms with E-state index < -0.39 is 0 Å². The van der Waals surface area contributed by atoms with Crippen molar-refractivity contribution in [2.45, 2.75) is 0 Å². The number of para-hydroxylation sites is 3. The molecule has 0 N–H and O–H groups in total. The molecule has 0 atom stereocenters. The van der Waals surface area contributed by atoms with Crippen molar-refractivity contribution in [3.63, 3.8) is 0 Å². The molecule has 2 aromatic heterocycles. The minimum absolute atomic E-state index is 1.14. The highest BCUT2D eigenvalue weighted by molar-refractivity contribution is 6.21. The first kappa shape index (κ1) is 36.2. The summed E-state index contributed by atoms with van der Waals surface area (Å²) in [6.45, 7) is 0. The summed E-state index contributed by atoms with van der Waals surface area (Å²) in [6.07, 6.45) is 0. The van der Waals surface area contributed by atoms with Crippen LogP contribution in [0.25, 0.3) is 121 Å². The first-order chi connectivity index (χ1) is 31.8. The number of aromatic nitrogens is 2. The minimum Gasteiger partial charge on any atom is -0.309 e. The Balaban J connectivity index is 0.914. The van der Waals surface area contributed by atoms with E-state index in [4.69, 9.17) is 0 Å². The molecular weight excluding hydrogens is 773 g/mol. The Morgan fingerprint density at radius 2 is 0.594 bits per heavy atom. The van der Waals surface area contributed by atoms with Gasteiger partial charge in [-0.05, 0) is 127 Å². The smallest absolute Gasteiger partial charge is 0.0547 e. The van der Waals surface area contributed by atoms with Crippen molar-refractivity contribution < 1.29 is 0 Å². The predicted octanol–water partition coefficient (Wildman–Crippen LogP) is 16.9. The van der Waals surface area contributed by atoms with Crippen LogP contribution in [0, 0.1) is 0 Å². The zero-order valence-electron chi connectivity index (χ0n) is 35.0. The van der Waals surface area contributed by atoms with Gasteiger partial charge in [0.1, 0.15) is 0 Å². The van der Waals surface area contributed by atoms with E-state index in [-0.39, 0.29) is 0 Å². The van der Waals surface area contributed by atoms with Gasteiger partial charge in [-0.3, -0.25) is 0 Å². The highest BCUT2D eigenvalue weighted by Crippen LogP contribution is 2.45. The van der Waals surface area contributed by atoms with Gasteiger partial charge in [-0.2, -0.15) is 0 Å². The van der Waals surface area contributed by atoms with E-state index in [1.54, 1.807) is 0 Å². The second-order valence-corrected chi connectivity index (χ2v) is 16.8. The Kier molecular flexibility index (Phi) is 8.25. The molecule has 0 radical (unpaired) electrons. The van der Waals surface area contributed by atoms with Crippen molar-refractivity contribution in [2.24, 2.45) is 0 Å². The Morgan fingerprint density at radius 3 is 1.25 bits per heavy atom. The SMILES string of the molecule is c1ccc(-c2c3ccccc3c(-c3cccc(-c4ccc(-n5c6ccccc6c6ccc(-c7ccc8c(c7)c7ccccc7n8-c7ccccc7)cc65)cc4)c3)c3ccccc23)cc1. The third-order valence-electron chi connectivity index (χ3n) is 13.3.